The number of dihydropyridines is 1. The van der Waals surface area contributed by atoms with Crippen LogP contribution in [0.4, 0.5) is 0 Å². The molecule has 0 bridgehead atoms. The molecule has 6 heteroatoms. The van der Waals surface area contributed by atoms with Crippen molar-refractivity contribution in [2.45, 2.75) is 38.7 Å². The number of para-hydroxylation sites is 1. The van der Waals surface area contributed by atoms with E-state index in [1.165, 1.54) is 0 Å². The number of benzene rings is 3. The molecule has 0 saturated carbocycles. The molecule has 0 spiro atoms. The van der Waals surface area contributed by atoms with E-state index in [-0.39, 0.29) is 19.0 Å². The molecule has 0 aromatic heterocycles. The van der Waals surface area contributed by atoms with Gasteiger partial charge in [-0.15, -0.1) is 0 Å². The predicted octanol–water partition coefficient (Wildman–Crippen LogP) is 5.86. The summed E-state index contributed by atoms with van der Waals surface area (Å²) in [6, 6.07) is 27.0. The van der Waals surface area contributed by atoms with Gasteiger partial charge in [-0.05, 0) is 55.2 Å². The first-order valence-electron chi connectivity index (χ1n) is 13.0. The van der Waals surface area contributed by atoms with Gasteiger partial charge in [0.2, 0.25) is 0 Å². The van der Waals surface area contributed by atoms with Crippen LogP contribution >= 0.6 is 0 Å². The molecule has 194 valence electrons. The van der Waals surface area contributed by atoms with E-state index in [1.807, 2.05) is 91.9 Å². The Kier molecular flexibility index (Phi) is 7.88. The molecule has 0 unspecified atom stereocenters. The quantitative estimate of drug-likeness (QED) is 0.288. The van der Waals surface area contributed by atoms with Crippen LogP contribution in [0.5, 0.6) is 11.5 Å². The Morgan fingerprint density at radius 3 is 2.39 bits per heavy atom. The van der Waals surface area contributed by atoms with Crippen molar-refractivity contribution in [2.24, 2.45) is 0 Å². The first kappa shape index (κ1) is 25.3. The second kappa shape index (κ2) is 11.8. The minimum Gasteiger partial charge on any atom is -0.490 e. The van der Waals surface area contributed by atoms with Crippen molar-refractivity contribution < 1.29 is 23.8 Å². The zero-order valence-electron chi connectivity index (χ0n) is 21.4. The number of Topliss-reactive ketones (excluding diaryl/α,β-unsaturated/α-hetero) is 1. The van der Waals surface area contributed by atoms with E-state index in [0.717, 1.165) is 29.7 Å². The number of ketones is 1. The molecule has 0 fully saturated rings. The number of esters is 1. The standard InChI is InChI=1S/C32H31NO5/c1-22-29(32(35)37-19-18-36-25-13-6-3-7-14-25)30(31-27(33-22)16-9-17-28(31)34)24-12-8-15-26(20-24)38-21-23-10-4-2-5-11-23/h2-8,10-15,20,30,33H,9,16-19,21H2,1H3/t30-/m1/s1. The van der Waals surface area contributed by atoms with Gasteiger partial charge < -0.3 is 19.5 Å². The Morgan fingerprint density at radius 2 is 1.61 bits per heavy atom. The molecule has 3 aromatic carbocycles. The second-order valence-electron chi connectivity index (χ2n) is 9.41. The van der Waals surface area contributed by atoms with Gasteiger partial charge in [0.05, 0.1) is 5.57 Å². The van der Waals surface area contributed by atoms with Crippen LogP contribution in [-0.4, -0.2) is 25.0 Å². The summed E-state index contributed by atoms with van der Waals surface area (Å²) in [5.41, 5.74) is 4.57. The normalized spacial score (nSPS) is 17.0. The molecule has 6 nitrogen and oxygen atoms in total. The third kappa shape index (κ3) is 5.80. The van der Waals surface area contributed by atoms with Gasteiger partial charge >= 0.3 is 5.97 Å². The predicted molar refractivity (Wildman–Crippen MR) is 145 cm³/mol. The van der Waals surface area contributed by atoms with E-state index in [0.29, 0.717) is 41.4 Å². The first-order chi connectivity index (χ1) is 18.6. The molecule has 1 N–H and O–H groups in total. The lowest BCUT2D eigenvalue weighted by Crippen LogP contribution is -2.34. The number of ether oxygens (including phenoxy) is 3. The minimum atomic E-state index is -0.526. The average Bonchev–Trinajstić information content (AvgIpc) is 2.95. The Hall–Kier alpha value is -4.32. The van der Waals surface area contributed by atoms with Crippen LogP contribution in [0.3, 0.4) is 0 Å². The van der Waals surface area contributed by atoms with Crippen LogP contribution in [0.2, 0.25) is 0 Å². The molecule has 5 rings (SSSR count). The molecule has 0 amide bonds. The SMILES string of the molecule is CC1=C(C(=O)OCCOc2ccccc2)[C@@H](c2cccc(OCc3ccccc3)c2)C2=C(CCCC2=O)N1. The summed E-state index contributed by atoms with van der Waals surface area (Å²) in [4.78, 5) is 26.6. The number of carbonyl (C=O) groups is 2. The van der Waals surface area contributed by atoms with Crippen molar-refractivity contribution in [3.8, 4) is 11.5 Å². The van der Waals surface area contributed by atoms with Crippen molar-refractivity contribution in [1.29, 1.82) is 0 Å². The Labute approximate surface area is 222 Å². The summed E-state index contributed by atoms with van der Waals surface area (Å²) in [6.45, 7) is 2.62. The van der Waals surface area contributed by atoms with Crippen molar-refractivity contribution in [3.63, 3.8) is 0 Å². The molecular weight excluding hydrogens is 478 g/mol. The van der Waals surface area contributed by atoms with E-state index in [1.54, 1.807) is 0 Å². The molecule has 0 saturated heterocycles. The maximum Gasteiger partial charge on any atom is 0.336 e. The van der Waals surface area contributed by atoms with Crippen molar-refractivity contribution in [1.82, 2.24) is 5.32 Å². The van der Waals surface area contributed by atoms with E-state index in [4.69, 9.17) is 14.2 Å². The zero-order valence-corrected chi connectivity index (χ0v) is 21.4. The highest BCUT2D eigenvalue weighted by atomic mass is 16.6. The maximum atomic E-state index is 13.4. The molecule has 1 aliphatic carbocycles. The molecule has 0 radical (unpaired) electrons. The van der Waals surface area contributed by atoms with E-state index in [9.17, 15) is 9.59 Å². The van der Waals surface area contributed by atoms with E-state index < -0.39 is 11.9 Å². The molecule has 1 atom stereocenters. The number of rotatable bonds is 9. The Morgan fingerprint density at radius 1 is 0.868 bits per heavy atom. The van der Waals surface area contributed by atoms with Gasteiger partial charge in [-0.3, -0.25) is 4.79 Å². The van der Waals surface area contributed by atoms with E-state index >= 15 is 0 Å². The minimum absolute atomic E-state index is 0.0598. The van der Waals surface area contributed by atoms with Crippen molar-refractivity contribution in [3.05, 3.63) is 119 Å². The maximum absolute atomic E-state index is 13.4. The van der Waals surface area contributed by atoms with Crippen LogP contribution in [-0.2, 0) is 20.9 Å². The van der Waals surface area contributed by atoms with Gasteiger partial charge in [0.25, 0.3) is 0 Å². The largest absolute Gasteiger partial charge is 0.490 e. The van der Waals surface area contributed by atoms with Crippen molar-refractivity contribution in [2.75, 3.05) is 13.2 Å². The summed E-state index contributed by atoms with van der Waals surface area (Å²) >= 11 is 0. The molecular formula is C32H31NO5. The second-order valence-corrected chi connectivity index (χ2v) is 9.41. The highest BCUT2D eigenvalue weighted by Crippen LogP contribution is 2.43. The lowest BCUT2D eigenvalue weighted by atomic mass is 9.75. The number of hydrogen-bond donors (Lipinski definition) is 1. The molecule has 2 aliphatic rings. The van der Waals surface area contributed by atoms with Crippen LogP contribution in [0.15, 0.2) is 107 Å². The van der Waals surface area contributed by atoms with Crippen LogP contribution in [0.1, 0.15) is 43.2 Å². The Balaban J connectivity index is 1.37. The fourth-order valence-electron chi connectivity index (χ4n) is 5.00. The van der Waals surface area contributed by atoms with Gasteiger partial charge in [0.15, 0.2) is 5.78 Å². The van der Waals surface area contributed by atoms with Crippen LogP contribution < -0.4 is 14.8 Å². The third-order valence-electron chi connectivity index (χ3n) is 6.76. The molecule has 1 aliphatic heterocycles. The van der Waals surface area contributed by atoms with Gasteiger partial charge in [0, 0.05) is 29.3 Å². The monoisotopic (exact) mass is 509 g/mol. The fraction of sp³-hybridized carbons (Fsp3) is 0.250. The number of nitrogens with one attached hydrogen (secondary N) is 1. The van der Waals surface area contributed by atoms with Crippen LogP contribution in [0.25, 0.3) is 0 Å². The number of carbonyl (C=O) groups excluding carboxylic acids is 2. The summed E-state index contributed by atoms with van der Waals surface area (Å²) in [6.07, 6.45) is 2.03. The molecule has 1 heterocycles. The zero-order chi connectivity index (χ0) is 26.3. The first-order valence-corrected chi connectivity index (χ1v) is 13.0. The molecule has 3 aromatic rings. The highest BCUT2D eigenvalue weighted by Gasteiger charge is 2.39. The average molecular weight is 510 g/mol. The summed E-state index contributed by atoms with van der Waals surface area (Å²) in [7, 11) is 0. The summed E-state index contributed by atoms with van der Waals surface area (Å²) in [5, 5.41) is 3.33. The van der Waals surface area contributed by atoms with Gasteiger partial charge in [-0.25, -0.2) is 4.79 Å². The summed E-state index contributed by atoms with van der Waals surface area (Å²) < 4.78 is 17.4. The lowest BCUT2D eigenvalue weighted by molar-refractivity contribution is -0.140. The van der Waals surface area contributed by atoms with Gasteiger partial charge in [0.1, 0.15) is 31.3 Å². The van der Waals surface area contributed by atoms with Gasteiger partial charge in [-0.1, -0.05) is 60.7 Å². The van der Waals surface area contributed by atoms with Crippen molar-refractivity contribution >= 4 is 11.8 Å². The summed E-state index contributed by atoms with van der Waals surface area (Å²) in [5.74, 6) is 0.464. The number of hydrogen-bond acceptors (Lipinski definition) is 6. The highest BCUT2D eigenvalue weighted by molar-refractivity contribution is 6.03. The number of allylic oxidation sites excluding steroid dienone is 3. The van der Waals surface area contributed by atoms with Gasteiger partial charge in [-0.2, -0.15) is 0 Å². The lowest BCUT2D eigenvalue weighted by Gasteiger charge is -2.34. The third-order valence-corrected chi connectivity index (χ3v) is 6.76. The fourth-order valence-corrected chi connectivity index (χ4v) is 5.00. The topological polar surface area (TPSA) is 73.9 Å². The van der Waals surface area contributed by atoms with E-state index in [2.05, 4.69) is 5.32 Å². The Bertz CT molecular complexity index is 1360. The smallest absolute Gasteiger partial charge is 0.336 e. The van der Waals surface area contributed by atoms with Crippen LogP contribution in [0, 0.1) is 0 Å². The molecule has 38 heavy (non-hydrogen) atoms.